The second-order valence-corrected chi connectivity index (χ2v) is 4.83. The van der Waals surface area contributed by atoms with Crippen molar-refractivity contribution in [3.05, 3.63) is 34.1 Å². The van der Waals surface area contributed by atoms with Gasteiger partial charge in [0.15, 0.2) is 0 Å². The molecule has 1 rings (SSSR count). The van der Waals surface area contributed by atoms with E-state index in [0.717, 1.165) is 35.8 Å². The number of hydrogen-bond acceptors (Lipinski definition) is 1. The second kappa shape index (κ2) is 7.02. The predicted molar refractivity (Wildman–Crippen MR) is 70.0 cm³/mol. The smallest absolute Gasteiger partial charge is 0.128 e. The quantitative estimate of drug-likeness (QED) is 0.816. The number of nitrogens with one attached hydrogen (secondary N) is 1. The third-order valence-electron chi connectivity index (χ3n) is 2.63. The Hall–Kier alpha value is -0.410. The average Bonchev–Trinajstić information content (AvgIpc) is 2.28. The van der Waals surface area contributed by atoms with Crippen molar-refractivity contribution >= 4 is 15.9 Å². The van der Waals surface area contributed by atoms with Gasteiger partial charge in [0.05, 0.1) is 0 Å². The lowest BCUT2D eigenvalue weighted by Crippen LogP contribution is -2.21. The Balaban J connectivity index is 2.85. The molecule has 0 aliphatic carbocycles. The zero-order chi connectivity index (χ0) is 12.0. The molecule has 1 N–H and O–H groups in total. The third-order valence-corrected chi connectivity index (χ3v) is 3.12. The Labute approximate surface area is 106 Å². The summed E-state index contributed by atoms with van der Waals surface area (Å²) in [5.41, 5.74) is 0.768. The first-order valence-electron chi connectivity index (χ1n) is 5.87. The van der Waals surface area contributed by atoms with Crippen LogP contribution in [0.4, 0.5) is 4.39 Å². The van der Waals surface area contributed by atoms with Crippen LogP contribution in [-0.4, -0.2) is 6.54 Å². The first-order chi connectivity index (χ1) is 7.69. The van der Waals surface area contributed by atoms with E-state index < -0.39 is 0 Å². The highest BCUT2D eigenvalue weighted by atomic mass is 79.9. The van der Waals surface area contributed by atoms with Gasteiger partial charge in [-0.2, -0.15) is 0 Å². The Bertz CT molecular complexity index is 328. The van der Waals surface area contributed by atoms with Gasteiger partial charge in [-0.3, -0.25) is 0 Å². The van der Waals surface area contributed by atoms with Crippen LogP contribution in [0.15, 0.2) is 22.7 Å². The van der Waals surface area contributed by atoms with Crippen molar-refractivity contribution in [3.8, 4) is 0 Å². The van der Waals surface area contributed by atoms with E-state index in [1.807, 2.05) is 6.07 Å². The van der Waals surface area contributed by atoms with E-state index >= 15 is 0 Å². The van der Waals surface area contributed by atoms with Crippen LogP contribution >= 0.6 is 15.9 Å². The van der Waals surface area contributed by atoms with Gasteiger partial charge >= 0.3 is 0 Å². The van der Waals surface area contributed by atoms with Gasteiger partial charge in [0.2, 0.25) is 0 Å². The molecule has 0 aliphatic rings. The van der Waals surface area contributed by atoms with Crippen molar-refractivity contribution in [1.82, 2.24) is 5.32 Å². The Kier molecular flexibility index (Phi) is 5.99. The molecule has 3 heteroatoms. The van der Waals surface area contributed by atoms with Crippen LogP contribution in [0.3, 0.4) is 0 Å². The summed E-state index contributed by atoms with van der Waals surface area (Å²) in [6.45, 7) is 5.06. The minimum Gasteiger partial charge on any atom is -0.310 e. The van der Waals surface area contributed by atoms with Crippen LogP contribution in [0.25, 0.3) is 0 Å². The van der Waals surface area contributed by atoms with Gasteiger partial charge in [-0.15, -0.1) is 0 Å². The number of unbranched alkanes of at least 4 members (excludes halogenated alkanes) is 1. The summed E-state index contributed by atoms with van der Waals surface area (Å²) in [6.07, 6.45) is 3.23. The molecule has 0 aromatic heterocycles. The lowest BCUT2D eigenvalue weighted by Gasteiger charge is -2.19. The van der Waals surface area contributed by atoms with E-state index in [1.165, 1.54) is 6.07 Å². The molecular weight excluding hydrogens is 269 g/mol. The SMILES string of the molecule is CCCCC(NCC)c1cc(Br)ccc1F. The molecule has 16 heavy (non-hydrogen) atoms. The van der Waals surface area contributed by atoms with Crippen molar-refractivity contribution in [2.75, 3.05) is 6.54 Å². The van der Waals surface area contributed by atoms with E-state index in [1.54, 1.807) is 6.07 Å². The molecule has 1 aromatic rings. The normalized spacial score (nSPS) is 12.8. The standard InChI is InChI=1S/C13H19BrFN/c1-3-5-6-13(16-4-2)11-9-10(14)7-8-12(11)15/h7-9,13,16H,3-6H2,1-2H3. The molecule has 0 saturated carbocycles. The fourth-order valence-electron chi connectivity index (χ4n) is 1.80. The molecule has 0 radical (unpaired) electrons. The van der Waals surface area contributed by atoms with E-state index in [9.17, 15) is 4.39 Å². The van der Waals surface area contributed by atoms with Crippen molar-refractivity contribution in [2.45, 2.75) is 39.2 Å². The summed E-state index contributed by atoms with van der Waals surface area (Å²) in [5.74, 6) is -0.120. The maximum Gasteiger partial charge on any atom is 0.128 e. The van der Waals surface area contributed by atoms with E-state index in [0.29, 0.717) is 0 Å². The Morgan fingerprint density at radius 3 is 2.75 bits per heavy atom. The van der Waals surface area contributed by atoms with Gasteiger partial charge in [0.1, 0.15) is 5.82 Å². The molecule has 0 amide bonds. The highest BCUT2D eigenvalue weighted by Crippen LogP contribution is 2.25. The van der Waals surface area contributed by atoms with E-state index in [-0.39, 0.29) is 11.9 Å². The van der Waals surface area contributed by atoms with Crippen LogP contribution in [0.1, 0.15) is 44.7 Å². The molecule has 0 fully saturated rings. The fraction of sp³-hybridized carbons (Fsp3) is 0.538. The zero-order valence-electron chi connectivity index (χ0n) is 9.89. The molecule has 0 spiro atoms. The van der Waals surface area contributed by atoms with Crippen molar-refractivity contribution in [3.63, 3.8) is 0 Å². The van der Waals surface area contributed by atoms with Crippen LogP contribution in [0.2, 0.25) is 0 Å². The molecular formula is C13H19BrFN. The van der Waals surface area contributed by atoms with Crippen LogP contribution in [-0.2, 0) is 0 Å². The van der Waals surface area contributed by atoms with Crippen LogP contribution in [0.5, 0.6) is 0 Å². The summed E-state index contributed by atoms with van der Waals surface area (Å²) in [6, 6.07) is 5.26. The summed E-state index contributed by atoms with van der Waals surface area (Å²) >= 11 is 3.39. The molecule has 1 nitrogen and oxygen atoms in total. The van der Waals surface area contributed by atoms with Gasteiger partial charge in [-0.05, 0) is 31.2 Å². The van der Waals surface area contributed by atoms with Gasteiger partial charge < -0.3 is 5.32 Å². The van der Waals surface area contributed by atoms with E-state index in [2.05, 4.69) is 35.1 Å². The number of benzene rings is 1. The topological polar surface area (TPSA) is 12.0 Å². The lowest BCUT2D eigenvalue weighted by molar-refractivity contribution is 0.470. The van der Waals surface area contributed by atoms with E-state index in [4.69, 9.17) is 0 Å². The van der Waals surface area contributed by atoms with Gasteiger partial charge in [0, 0.05) is 16.1 Å². The first kappa shape index (κ1) is 13.7. The number of hydrogen-bond donors (Lipinski definition) is 1. The third kappa shape index (κ3) is 3.87. The Morgan fingerprint density at radius 1 is 1.38 bits per heavy atom. The second-order valence-electron chi connectivity index (χ2n) is 3.92. The first-order valence-corrected chi connectivity index (χ1v) is 6.66. The minimum absolute atomic E-state index is 0.120. The van der Waals surface area contributed by atoms with Crippen molar-refractivity contribution < 1.29 is 4.39 Å². The highest BCUT2D eigenvalue weighted by molar-refractivity contribution is 9.10. The van der Waals surface area contributed by atoms with Gasteiger partial charge in [0.25, 0.3) is 0 Å². The summed E-state index contributed by atoms with van der Waals surface area (Å²) in [7, 11) is 0. The number of rotatable bonds is 6. The van der Waals surface area contributed by atoms with Crippen molar-refractivity contribution in [1.29, 1.82) is 0 Å². The summed E-state index contributed by atoms with van der Waals surface area (Å²) in [5, 5.41) is 3.34. The van der Waals surface area contributed by atoms with Crippen LogP contribution < -0.4 is 5.32 Å². The van der Waals surface area contributed by atoms with Gasteiger partial charge in [-0.1, -0.05) is 42.6 Å². The molecule has 1 aromatic carbocycles. The lowest BCUT2D eigenvalue weighted by atomic mass is 10.0. The molecule has 0 heterocycles. The van der Waals surface area contributed by atoms with Gasteiger partial charge in [-0.25, -0.2) is 4.39 Å². The average molecular weight is 288 g/mol. The molecule has 0 saturated heterocycles. The molecule has 90 valence electrons. The van der Waals surface area contributed by atoms with Crippen molar-refractivity contribution in [2.24, 2.45) is 0 Å². The predicted octanol–water partition coefficient (Wildman–Crippen LogP) is 4.43. The fourth-order valence-corrected chi connectivity index (χ4v) is 2.18. The largest absolute Gasteiger partial charge is 0.310 e. The molecule has 0 aliphatic heterocycles. The molecule has 1 atom stereocenters. The highest BCUT2D eigenvalue weighted by Gasteiger charge is 2.14. The molecule has 1 unspecified atom stereocenters. The monoisotopic (exact) mass is 287 g/mol. The van der Waals surface area contributed by atoms with Crippen LogP contribution in [0, 0.1) is 5.82 Å². The summed E-state index contributed by atoms with van der Waals surface area (Å²) in [4.78, 5) is 0. The maximum atomic E-state index is 13.7. The summed E-state index contributed by atoms with van der Waals surface area (Å²) < 4.78 is 14.6. The molecule has 0 bridgehead atoms. The Morgan fingerprint density at radius 2 is 2.12 bits per heavy atom. The zero-order valence-corrected chi connectivity index (χ0v) is 11.5. The maximum absolute atomic E-state index is 13.7. The number of halogens is 2. The minimum atomic E-state index is -0.120.